The molecule has 1 aromatic carbocycles. The zero-order chi connectivity index (χ0) is 20.5. The SMILES string of the molecule is CCOC(=O)N1C/C(=C\c2ccc(Cl)cc2)c2nc(=O)[nH]c(C(F)(F)F)c2C1. The molecule has 0 saturated heterocycles. The number of amides is 1. The van der Waals surface area contributed by atoms with Crippen molar-refractivity contribution in [1.29, 1.82) is 0 Å². The number of aromatic nitrogens is 2. The third kappa shape index (κ3) is 4.19. The molecule has 6 nitrogen and oxygen atoms in total. The molecule has 0 bridgehead atoms. The number of halogens is 4. The van der Waals surface area contributed by atoms with E-state index in [0.717, 1.165) is 4.90 Å². The molecule has 0 radical (unpaired) electrons. The summed E-state index contributed by atoms with van der Waals surface area (Å²) in [7, 11) is 0. The zero-order valence-corrected chi connectivity index (χ0v) is 15.4. The van der Waals surface area contributed by atoms with Crippen LogP contribution in [0.3, 0.4) is 0 Å². The molecule has 0 aliphatic carbocycles. The monoisotopic (exact) mass is 413 g/mol. The Labute approximate surface area is 162 Å². The van der Waals surface area contributed by atoms with Crippen LogP contribution in [0.5, 0.6) is 0 Å². The fourth-order valence-electron chi connectivity index (χ4n) is 2.90. The van der Waals surface area contributed by atoms with Crippen LogP contribution in [-0.2, 0) is 17.5 Å². The van der Waals surface area contributed by atoms with Crippen LogP contribution in [0.4, 0.5) is 18.0 Å². The predicted molar refractivity (Wildman–Crippen MR) is 96.6 cm³/mol. The largest absolute Gasteiger partial charge is 0.450 e. The van der Waals surface area contributed by atoms with E-state index in [2.05, 4.69) is 4.98 Å². The highest BCUT2D eigenvalue weighted by Crippen LogP contribution is 2.36. The van der Waals surface area contributed by atoms with E-state index >= 15 is 0 Å². The number of hydrogen-bond donors (Lipinski definition) is 1. The normalized spacial score (nSPS) is 15.5. The average Bonchev–Trinajstić information content (AvgIpc) is 2.62. The molecule has 148 valence electrons. The molecular formula is C18H15ClF3N3O3. The number of ether oxygens (including phenoxy) is 1. The topological polar surface area (TPSA) is 75.3 Å². The van der Waals surface area contributed by atoms with Crippen molar-refractivity contribution in [3.05, 3.63) is 62.3 Å². The summed E-state index contributed by atoms with van der Waals surface area (Å²) in [5, 5.41) is 0.494. The lowest BCUT2D eigenvalue weighted by Gasteiger charge is -2.30. The van der Waals surface area contributed by atoms with Crippen LogP contribution in [0.15, 0.2) is 29.1 Å². The number of alkyl halides is 3. The molecule has 10 heteroatoms. The Morgan fingerprint density at radius 2 is 2.00 bits per heavy atom. The summed E-state index contributed by atoms with van der Waals surface area (Å²) in [4.78, 5) is 30.5. The second kappa shape index (κ2) is 7.67. The van der Waals surface area contributed by atoms with Gasteiger partial charge in [0.15, 0.2) is 0 Å². The first-order chi connectivity index (χ1) is 13.2. The fraction of sp³-hybridized carbons (Fsp3) is 0.278. The molecule has 0 fully saturated rings. The van der Waals surface area contributed by atoms with E-state index in [-0.39, 0.29) is 36.5 Å². The highest BCUT2D eigenvalue weighted by Gasteiger charge is 2.39. The van der Waals surface area contributed by atoms with Crippen molar-refractivity contribution in [3.63, 3.8) is 0 Å². The van der Waals surface area contributed by atoms with Crippen LogP contribution < -0.4 is 5.69 Å². The van der Waals surface area contributed by atoms with Crippen LogP contribution in [-0.4, -0.2) is 34.1 Å². The van der Waals surface area contributed by atoms with Gasteiger partial charge in [0.2, 0.25) is 0 Å². The molecule has 1 amide bonds. The van der Waals surface area contributed by atoms with E-state index in [4.69, 9.17) is 16.3 Å². The van der Waals surface area contributed by atoms with Gasteiger partial charge < -0.3 is 9.72 Å². The minimum absolute atomic E-state index is 0.0534. The van der Waals surface area contributed by atoms with E-state index in [0.29, 0.717) is 10.6 Å². The molecule has 1 aromatic heterocycles. The van der Waals surface area contributed by atoms with Crippen molar-refractivity contribution in [1.82, 2.24) is 14.9 Å². The van der Waals surface area contributed by atoms with Crippen LogP contribution >= 0.6 is 11.6 Å². The lowest BCUT2D eigenvalue weighted by Crippen LogP contribution is -2.39. The van der Waals surface area contributed by atoms with Gasteiger partial charge >= 0.3 is 18.0 Å². The van der Waals surface area contributed by atoms with Crippen molar-refractivity contribution < 1.29 is 22.7 Å². The van der Waals surface area contributed by atoms with Crippen molar-refractivity contribution in [2.75, 3.05) is 13.2 Å². The molecule has 0 unspecified atom stereocenters. The quantitative estimate of drug-likeness (QED) is 0.808. The van der Waals surface area contributed by atoms with Crippen molar-refractivity contribution >= 4 is 29.3 Å². The molecule has 2 heterocycles. The first kappa shape index (κ1) is 19.9. The maximum atomic E-state index is 13.5. The lowest BCUT2D eigenvalue weighted by atomic mass is 9.97. The highest BCUT2D eigenvalue weighted by molar-refractivity contribution is 6.30. The van der Waals surface area contributed by atoms with E-state index < -0.39 is 23.7 Å². The molecule has 1 aliphatic heterocycles. The maximum absolute atomic E-state index is 13.5. The Bertz CT molecular complexity index is 984. The number of carbonyl (C=O) groups excluding carboxylic acids is 1. The lowest BCUT2D eigenvalue weighted by molar-refractivity contribution is -0.142. The Hall–Kier alpha value is -2.81. The number of rotatable bonds is 2. The minimum Gasteiger partial charge on any atom is -0.450 e. The van der Waals surface area contributed by atoms with Crippen LogP contribution in [0.1, 0.15) is 29.4 Å². The van der Waals surface area contributed by atoms with E-state index in [1.54, 1.807) is 42.2 Å². The average molecular weight is 414 g/mol. The molecular weight excluding hydrogens is 399 g/mol. The summed E-state index contributed by atoms with van der Waals surface area (Å²) in [5.74, 6) is 0. The second-order valence-corrected chi connectivity index (χ2v) is 6.45. The first-order valence-electron chi connectivity index (χ1n) is 8.27. The zero-order valence-electron chi connectivity index (χ0n) is 14.6. The number of nitrogens with one attached hydrogen (secondary N) is 1. The first-order valence-corrected chi connectivity index (χ1v) is 8.65. The predicted octanol–water partition coefficient (Wildman–Crippen LogP) is 3.95. The van der Waals surface area contributed by atoms with E-state index in [1.807, 2.05) is 0 Å². The Morgan fingerprint density at radius 3 is 2.61 bits per heavy atom. The number of carbonyl (C=O) groups is 1. The molecule has 0 atom stereocenters. The third-order valence-corrected chi connectivity index (χ3v) is 4.32. The molecule has 1 aliphatic rings. The summed E-state index contributed by atoms with van der Waals surface area (Å²) in [6, 6.07) is 6.56. The van der Waals surface area contributed by atoms with E-state index in [1.165, 1.54) is 0 Å². The standard InChI is InChI=1S/C18H15ClF3N3O3/c1-2-28-17(27)25-8-11(7-10-3-5-12(19)6-4-10)14-13(9-25)15(18(20,21)22)24-16(26)23-14/h3-7H,2,8-9H2,1H3,(H,23,24,26)/b11-7+. The van der Waals surface area contributed by atoms with Crippen molar-refractivity contribution in [2.24, 2.45) is 0 Å². The van der Waals surface area contributed by atoms with Gasteiger partial charge in [-0.1, -0.05) is 23.7 Å². The summed E-state index contributed by atoms with van der Waals surface area (Å²) in [6.07, 6.45) is -4.00. The van der Waals surface area contributed by atoms with Crippen molar-refractivity contribution in [2.45, 2.75) is 19.6 Å². The maximum Gasteiger partial charge on any atom is 0.431 e. The molecule has 0 saturated carbocycles. The number of aromatic amines is 1. The van der Waals surface area contributed by atoms with Crippen LogP contribution in [0.2, 0.25) is 5.02 Å². The van der Waals surface area contributed by atoms with Crippen LogP contribution in [0, 0.1) is 0 Å². The van der Waals surface area contributed by atoms with Gasteiger partial charge in [-0.15, -0.1) is 0 Å². The summed E-state index contributed by atoms with van der Waals surface area (Å²) < 4.78 is 45.3. The van der Waals surface area contributed by atoms with Gasteiger partial charge in [0.05, 0.1) is 25.4 Å². The van der Waals surface area contributed by atoms with Gasteiger partial charge in [0.1, 0.15) is 5.69 Å². The number of benzene rings is 1. The Balaban J connectivity index is 2.17. The number of nitrogens with zero attached hydrogens (tertiary/aromatic N) is 2. The summed E-state index contributed by atoms with van der Waals surface area (Å²) in [6.45, 7) is 1.24. The van der Waals surface area contributed by atoms with Gasteiger partial charge in [-0.25, -0.2) is 9.59 Å². The summed E-state index contributed by atoms with van der Waals surface area (Å²) in [5.41, 5.74) is -1.80. The molecule has 0 spiro atoms. The van der Waals surface area contributed by atoms with Gasteiger partial charge in [-0.3, -0.25) is 4.90 Å². The fourth-order valence-corrected chi connectivity index (χ4v) is 3.03. The summed E-state index contributed by atoms with van der Waals surface area (Å²) >= 11 is 5.85. The van der Waals surface area contributed by atoms with Crippen molar-refractivity contribution in [3.8, 4) is 0 Å². The van der Waals surface area contributed by atoms with Gasteiger partial charge in [0.25, 0.3) is 0 Å². The number of fused-ring (bicyclic) bond motifs is 1. The minimum atomic E-state index is -4.81. The number of H-pyrrole nitrogens is 1. The molecule has 28 heavy (non-hydrogen) atoms. The molecule has 3 rings (SSSR count). The molecule has 2 aromatic rings. The molecule has 1 N–H and O–H groups in total. The smallest absolute Gasteiger partial charge is 0.431 e. The highest BCUT2D eigenvalue weighted by atomic mass is 35.5. The van der Waals surface area contributed by atoms with Gasteiger partial charge in [-0.2, -0.15) is 18.2 Å². The van der Waals surface area contributed by atoms with Gasteiger partial charge in [-0.05, 0) is 36.3 Å². The van der Waals surface area contributed by atoms with E-state index in [9.17, 15) is 22.8 Å². The van der Waals surface area contributed by atoms with Crippen LogP contribution in [0.25, 0.3) is 11.6 Å². The third-order valence-electron chi connectivity index (χ3n) is 4.07. The Kier molecular flexibility index (Phi) is 5.46. The number of hydrogen-bond acceptors (Lipinski definition) is 4. The van der Waals surface area contributed by atoms with Gasteiger partial charge in [0, 0.05) is 10.6 Å². The second-order valence-electron chi connectivity index (χ2n) is 6.02. The Morgan fingerprint density at radius 1 is 1.32 bits per heavy atom.